The van der Waals surface area contributed by atoms with Gasteiger partial charge in [0.15, 0.2) is 0 Å². The first-order valence-electron chi connectivity index (χ1n) is 8.74. The molecule has 0 saturated carbocycles. The Morgan fingerprint density at radius 1 is 1.36 bits per heavy atom. The minimum Gasteiger partial charge on any atom is -0.460 e. The fourth-order valence-corrected chi connectivity index (χ4v) is 4.01. The van der Waals surface area contributed by atoms with E-state index >= 15 is 0 Å². The summed E-state index contributed by atoms with van der Waals surface area (Å²) in [5.74, 6) is -0.132. The van der Waals surface area contributed by atoms with Crippen molar-refractivity contribution >= 4 is 29.2 Å². The van der Waals surface area contributed by atoms with Crippen LogP contribution in [0.4, 0.5) is 0 Å². The fraction of sp³-hybridized carbons (Fsp3) is 0.632. The zero-order valence-electron chi connectivity index (χ0n) is 15.0. The Morgan fingerprint density at radius 2 is 2.12 bits per heavy atom. The zero-order chi connectivity index (χ0) is 18.2. The Bertz CT molecular complexity index is 659. The molecule has 2 aliphatic heterocycles. The lowest BCUT2D eigenvalue weighted by Crippen LogP contribution is -2.41. The van der Waals surface area contributed by atoms with Crippen LogP contribution in [0, 0.1) is 0 Å². The van der Waals surface area contributed by atoms with Gasteiger partial charge < -0.3 is 9.47 Å². The maximum atomic E-state index is 11.9. The van der Waals surface area contributed by atoms with E-state index in [2.05, 4.69) is 4.90 Å². The van der Waals surface area contributed by atoms with Gasteiger partial charge in [-0.1, -0.05) is 29.3 Å². The van der Waals surface area contributed by atoms with Crippen LogP contribution < -0.4 is 0 Å². The number of morpholine rings is 1. The number of fused-ring (bicyclic) bond motifs is 2. The third-order valence-corrected chi connectivity index (χ3v) is 5.52. The van der Waals surface area contributed by atoms with Crippen LogP contribution in [0.5, 0.6) is 0 Å². The summed E-state index contributed by atoms with van der Waals surface area (Å²) in [6.07, 6.45) is 2.20. The largest absolute Gasteiger partial charge is 0.460 e. The molecule has 0 aliphatic carbocycles. The first kappa shape index (κ1) is 19.0. The molecule has 2 unspecified atom stereocenters. The first-order chi connectivity index (χ1) is 11.7. The Balaban J connectivity index is 1.56. The molecule has 4 nitrogen and oxygen atoms in total. The number of esters is 1. The number of rotatable bonds is 5. The van der Waals surface area contributed by atoms with Crippen molar-refractivity contribution < 1.29 is 14.3 Å². The summed E-state index contributed by atoms with van der Waals surface area (Å²) in [6, 6.07) is 6.14. The number of halogens is 2. The van der Waals surface area contributed by atoms with Gasteiger partial charge in [0.2, 0.25) is 0 Å². The molecule has 138 valence electrons. The van der Waals surface area contributed by atoms with E-state index < -0.39 is 5.60 Å². The van der Waals surface area contributed by atoms with Crippen molar-refractivity contribution in [3.05, 3.63) is 33.8 Å². The molecule has 0 aromatic heterocycles. The van der Waals surface area contributed by atoms with Crippen molar-refractivity contribution in [3.8, 4) is 0 Å². The number of likely N-dealkylation sites (tertiary alicyclic amines) is 1. The smallest absolute Gasteiger partial charge is 0.306 e. The summed E-state index contributed by atoms with van der Waals surface area (Å²) in [5, 5.41) is 1.12. The third-order valence-electron chi connectivity index (χ3n) is 4.78. The number of hydrogen-bond acceptors (Lipinski definition) is 4. The number of benzene rings is 1. The van der Waals surface area contributed by atoms with Gasteiger partial charge in [-0.3, -0.25) is 9.69 Å². The first-order valence-corrected chi connectivity index (χ1v) is 9.49. The predicted molar refractivity (Wildman–Crippen MR) is 99.1 cm³/mol. The molecule has 0 spiro atoms. The number of ether oxygens (including phenoxy) is 2. The third kappa shape index (κ3) is 4.30. The number of carbonyl (C=O) groups excluding carboxylic acids is 1. The van der Waals surface area contributed by atoms with Crippen molar-refractivity contribution in [2.24, 2.45) is 0 Å². The summed E-state index contributed by atoms with van der Waals surface area (Å²) in [7, 11) is 0. The molecule has 0 N–H and O–H groups in total. The van der Waals surface area contributed by atoms with Gasteiger partial charge in [-0.2, -0.15) is 0 Å². The molecule has 6 heteroatoms. The van der Waals surface area contributed by atoms with Gasteiger partial charge in [0.25, 0.3) is 0 Å². The lowest BCUT2D eigenvalue weighted by atomic mass is 9.93. The van der Waals surface area contributed by atoms with Crippen molar-refractivity contribution in [2.75, 3.05) is 19.7 Å². The quantitative estimate of drug-likeness (QED) is 0.703. The van der Waals surface area contributed by atoms with Crippen LogP contribution >= 0.6 is 23.2 Å². The summed E-state index contributed by atoms with van der Waals surface area (Å²) in [6.45, 7) is 8.08. The molecule has 2 heterocycles. The van der Waals surface area contributed by atoms with Gasteiger partial charge in [0.1, 0.15) is 11.2 Å². The van der Waals surface area contributed by atoms with Gasteiger partial charge in [0.05, 0.1) is 16.7 Å². The second-order valence-electron chi connectivity index (χ2n) is 7.95. The molecule has 0 radical (unpaired) electrons. The zero-order valence-corrected chi connectivity index (χ0v) is 16.5. The Hall–Kier alpha value is -0.810. The lowest BCUT2D eigenvalue weighted by molar-refractivity contribution is -0.155. The van der Waals surface area contributed by atoms with Crippen molar-refractivity contribution in [1.82, 2.24) is 4.90 Å². The molecular formula is C19H25Cl2NO3. The van der Waals surface area contributed by atoms with Crippen LogP contribution in [0.1, 0.15) is 45.6 Å². The van der Waals surface area contributed by atoms with E-state index in [-0.39, 0.29) is 11.6 Å². The van der Waals surface area contributed by atoms with Crippen molar-refractivity contribution in [3.63, 3.8) is 0 Å². The summed E-state index contributed by atoms with van der Waals surface area (Å²) in [4.78, 5) is 14.3. The van der Waals surface area contributed by atoms with E-state index in [9.17, 15) is 4.79 Å². The van der Waals surface area contributed by atoms with Crippen LogP contribution in [0.3, 0.4) is 0 Å². The number of hydrogen-bond donors (Lipinski definition) is 0. The topological polar surface area (TPSA) is 38.8 Å². The van der Waals surface area contributed by atoms with Gasteiger partial charge in [0, 0.05) is 19.0 Å². The van der Waals surface area contributed by atoms with E-state index in [1.54, 1.807) is 0 Å². The van der Waals surface area contributed by atoms with Crippen LogP contribution in [0.15, 0.2) is 18.2 Å². The van der Waals surface area contributed by atoms with E-state index in [1.165, 1.54) is 0 Å². The molecule has 2 aliphatic rings. The van der Waals surface area contributed by atoms with Crippen LogP contribution in [-0.4, -0.2) is 42.2 Å². The van der Waals surface area contributed by atoms with Gasteiger partial charge in [-0.05, 0) is 57.9 Å². The Labute approximate surface area is 159 Å². The predicted octanol–water partition coefficient (Wildman–Crippen LogP) is 4.42. The van der Waals surface area contributed by atoms with Crippen molar-refractivity contribution in [1.29, 1.82) is 0 Å². The fourth-order valence-electron chi connectivity index (χ4n) is 3.71. The molecule has 2 bridgehead atoms. The molecule has 25 heavy (non-hydrogen) atoms. The van der Waals surface area contributed by atoms with Gasteiger partial charge in [-0.25, -0.2) is 0 Å². The number of nitrogens with zero attached hydrogens (tertiary/aromatic N) is 1. The molecule has 3 rings (SSSR count). The monoisotopic (exact) mass is 385 g/mol. The summed E-state index contributed by atoms with van der Waals surface area (Å²) < 4.78 is 11.5. The highest BCUT2D eigenvalue weighted by Gasteiger charge is 2.51. The maximum absolute atomic E-state index is 11.9. The second kappa shape index (κ2) is 7.07. The Morgan fingerprint density at radius 3 is 2.80 bits per heavy atom. The van der Waals surface area contributed by atoms with Crippen LogP contribution in [0.2, 0.25) is 10.0 Å². The molecule has 2 fully saturated rings. The van der Waals surface area contributed by atoms with Crippen LogP contribution in [0.25, 0.3) is 0 Å². The highest BCUT2D eigenvalue weighted by molar-refractivity contribution is 6.42. The molecular weight excluding hydrogens is 361 g/mol. The molecule has 1 aromatic carbocycles. The molecule has 2 saturated heterocycles. The normalized spacial score (nSPS) is 26.2. The summed E-state index contributed by atoms with van der Waals surface area (Å²) >= 11 is 12.2. The van der Waals surface area contributed by atoms with E-state index in [0.29, 0.717) is 29.1 Å². The minimum atomic E-state index is -0.421. The van der Waals surface area contributed by atoms with Crippen LogP contribution in [-0.2, 0) is 19.9 Å². The highest BCUT2D eigenvalue weighted by Crippen LogP contribution is 2.46. The van der Waals surface area contributed by atoms with E-state index in [1.807, 2.05) is 39.0 Å². The molecule has 2 atom stereocenters. The van der Waals surface area contributed by atoms with Gasteiger partial charge in [-0.15, -0.1) is 0 Å². The average molecular weight is 386 g/mol. The Kier molecular flexibility index (Phi) is 5.36. The standard InChI is InChI=1S/C19H25Cl2NO3/c1-18(2,3)25-17(23)5-4-8-22-12-19(10-14(22)11-24-19)13-6-7-15(20)16(21)9-13/h6-7,9,14H,4-5,8,10-12H2,1-3H3. The minimum absolute atomic E-state index is 0.132. The van der Waals surface area contributed by atoms with Gasteiger partial charge >= 0.3 is 5.97 Å². The highest BCUT2D eigenvalue weighted by atomic mass is 35.5. The van der Waals surface area contributed by atoms with E-state index in [0.717, 1.165) is 31.5 Å². The second-order valence-corrected chi connectivity index (χ2v) is 8.77. The molecule has 1 aromatic rings. The average Bonchev–Trinajstić information content (AvgIpc) is 3.07. The van der Waals surface area contributed by atoms with Crippen molar-refractivity contribution in [2.45, 2.75) is 57.3 Å². The maximum Gasteiger partial charge on any atom is 0.306 e. The number of carbonyl (C=O) groups is 1. The van der Waals surface area contributed by atoms with E-state index in [4.69, 9.17) is 32.7 Å². The summed E-state index contributed by atoms with van der Waals surface area (Å²) in [5.41, 5.74) is 0.361. The SMILES string of the molecule is CC(C)(C)OC(=O)CCCN1CC2(c3ccc(Cl)c(Cl)c3)CC1CO2. The molecule has 0 amide bonds. The lowest BCUT2D eigenvalue weighted by Gasteiger charge is -2.33.